The topological polar surface area (TPSA) is 84.8 Å². The summed E-state index contributed by atoms with van der Waals surface area (Å²) in [5.74, 6) is 1.34. The van der Waals surface area contributed by atoms with Crippen LogP contribution in [0.4, 0.5) is 5.13 Å². The summed E-state index contributed by atoms with van der Waals surface area (Å²) in [6.07, 6.45) is 0.273. The van der Waals surface area contributed by atoms with Crippen LogP contribution in [0.1, 0.15) is 12.1 Å². The van der Waals surface area contributed by atoms with Gasteiger partial charge in [-0.05, 0) is 43.4 Å². The van der Waals surface area contributed by atoms with E-state index in [0.717, 1.165) is 17.0 Å². The molecule has 130 valence electrons. The van der Waals surface area contributed by atoms with Gasteiger partial charge in [0, 0.05) is 23.9 Å². The number of aryl methyl sites for hydroxylation is 1. The van der Waals surface area contributed by atoms with Crippen molar-refractivity contribution in [2.24, 2.45) is 0 Å². The minimum Gasteiger partial charge on any atom is -0.497 e. The Morgan fingerprint density at radius 3 is 2.80 bits per heavy atom. The maximum absolute atomic E-state index is 12.1. The van der Waals surface area contributed by atoms with E-state index in [9.17, 15) is 4.79 Å². The summed E-state index contributed by atoms with van der Waals surface area (Å²) in [6.45, 7) is 2.31. The molecule has 0 fully saturated rings. The molecule has 2 N–H and O–H groups in total. The molecule has 25 heavy (non-hydrogen) atoms. The van der Waals surface area contributed by atoms with E-state index in [2.05, 4.69) is 20.5 Å². The van der Waals surface area contributed by atoms with Crippen LogP contribution < -0.4 is 10.1 Å². The summed E-state index contributed by atoms with van der Waals surface area (Å²) >= 11 is 6.69. The first kappa shape index (κ1) is 17.3. The predicted octanol–water partition coefficient (Wildman–Crippen LogP) is 3.41. The van der Waals surface area contributed by atoms with Gasteiger partial charge in [0.15, 0.2) is 15.7 Å². The molecule has 0 unspecified atom stereocenters. The van der Waals surface area contributed by atoms with E-state index in [1.807, 2.05) is 41.1 Å². The fourth-order valence-electron chi connectivity index (χ4n) is 2.29. The lowest BCUT2D eigenvalue weighted by atomic mass is 10.2. The molecular weight excluding hydrogens is 358 g/mol. The zero-order valence-corrected chi connectivity index (χ0v) is 15.4. The first-order valence-electron chi connectivity index (χ1n) is 7.58. The van der Waals surface area contributed by atoms with Gasteiger partial charge in [-0.2, -0.15) is 5.10 Å². The number of thiazole rings is 1. The number of nitrogens with zero attached hydrogens (tertiary/aromatic N) is 3. The van der Waals surface area contributed by atoms with Crippen molar-refractivity contribution >= 4 is 34.6 Å². The number of aromatic nitrogens is 4. The summed E-state index contributed by atoms with van der Waals surface area (Å²) in [5, 5.41) is 12.3. The molecule has 0 aliphatic heterocycles. The summed E-state index contributed by atoms with van der Waals surface area (Å²) in [4.78, 5) is 16.3. The van der Waals surface area contributed by atoms with Crippen molar-refractivity contribution in [3.05, 3.63) is 40.1 Å². The number of aromatic amines is 1. The fraction of sp³-hybridized carbons (Fsp3) is 0.250. The van der Waals surface area contributed by atoms with Crippen molar-refractivity contribution in [3.63, 3.8) is 0 Å². The van der Waals surface area contributed by atoms with E-state index in [1.54, 1.807) is 7.11 Å². The molecule has 3 rings (SSSR count). The van der Waals surface area contributed by atoms with Crippen molar-refractivity contribution in [2.45, 2.75) is 19.9 Å². The molecule has 0 atom stereocenters. The second-order valence-corrected chi connectivity index (χ2v) is 6.57. The number of rotatable bonds is 6. The van der Waals surface area contributed by atoms with E-state index in [0.29, 0.717) is 22.3 Å². The van der Waals surface area contributed by atoms with Gasteiger partial charge in [0.25, 0.3) is 0 Å². The Labute approximate surface area is 153 Å². The second kappa shape index (κ2) is 7.58. The lowest BCUT2D eigenvalue weighted by Gasteiger charge is -2.07. The number of hydrogen-bond donors (Lipinski definition) is 2. The van der Waals surface area contributed by atoms with Crippen LogP contribution in [0, 0.1) is 11.7 Å². The summed E-state index contributed by atoms with van der Waals surface area (Å²) in [7, 11) is 1.62. The van der Waals surface area contributed by atoms with Crippen molar-refractivity contribution in [3.8, 4) is 17.1 Å². The number of methoxy groups -OCH3 is 1. The molecule has 1 aromatic carbocycles. The molecule has 2 aromatic heterocycles. The average molecular weight is 375 g/mol. The largest absolute Gasteiger partial charge is 0.497 e. The molecular formula is C16H17N5O2S2. The normalized spacial score (nSPS) is 10.6. The van der Waals surface area contributed by atoms with Crippen LogP contribution in [-0.2, 0) is 11.3 Å². The summed E-state index contributed by atoms with van der Waals surface area (Å²) < 4.78 is 7.45. The van der Waals surface area contributed by atoms with E-state index in [4.69, 9.17) is 17.0 Å². The molecule has 0 saturated carbocycles. The highest BCUT2D eigenvalue weighted by Gasteiger charge is 2.12. The number of H-pyrrole nitrogens is 1. The van der Waals surface area contributed by atoms with Gasteiger partial charge < -0.3 is 10.1 Å². The quantitative estimate of drug-likeness (QED) is 0.645. The minimum atomic E-state index is -0.113. The molecule has 1 amide bonds. The highest BCUT2D eigenvalue weighted by Crippen LogP contribution is 2.21. The van der Waals surface area contributed by atoms with Crippen molar-refractivity contribution < 1.29 is 9.53 Å². The smallest absolute Gasteiger partial charge is 0.227 e. The second-order valence-electron chi connectivity index (χ2n) is 5.32. The number of benzene rings is 1. The lowest BCUT2D eigenvalue weighted by Crippen LogP contribution is -2.15. The SMILES string of the molecule is COc1ccc(-c2n[nH]c(=S)n2CCC(=O)Nc2nc(C)cs2)cc1. The predicted molar refractivity (Wildman–Crippen MR) is 99.5 cm³/mol. The van der Waals surface area contributed by atoms with Crippen molar-refractivity contribution in [1.29, 1.82) is 0 Å². The number of nitrogens with one attached hydrogen (secondary N) is 2. The molecule has 9 heteroatoms. The van der Waals surface area contributed by atoms with Gasteiger partial charge in [-0.25, -0.2) is 4.98 Å². The number of carbonyl (C=O) groups excluding carboxylic acids is 1. The van der Waals surface area contributed by atoms with Crippen LogP contribution >= 0.6 is 23.6 Å². The van der Waals surface area contributed by atoms with Crippen LogP contribution in [0.3, 0.4) is 0 Å². The van der Waals surface area contributed by atoms with Crippen LogP contribution in [0.25, 0.3) is 11.4 Å². The molecule has 0 aliphatic carbocycles. The standard InChI is InChI=1S/C16H17N5O2S2/c1-10-9-25-15(17-10)18-13(22)7-8-21-14(19-20-16(21)24)11-3-5-12(23-2)6-4-11/h3-6,9H,7-8H2,1-2H3,(H,20,24)(H,17,18,22). The molecule has 2 heterocycles. The van der Waals surface area contributed by atoms with Crippen molar-refractivity contribution in [2.75, 3.05) is 12.4 Å². The molecule has 0 spiro atoms. The van der Waals surface area contributed by atoms with E-state index in [-0.39, 0.29) is 12.3 Å². The highest BCUT2D eigenvalue weighted by molar-refractivity contribution is 7.71. The Hall–Kier alpha value is -2.52. The van der Waals surface area contributed by atoms with Gasteiger partial charge in [-0.3, -0.25) is 14.5 Å². The van der Waals surface area contributed by atoms with Crippen LogP contribution in [-0.4, -0.2) is 32.8 Å². The Morgan fingerprint density at radius 1 is 1.40 bits per heavy atom. The molecule has 0 aliphatic rings. The van der Waals surface area contributed by atoms with Gasteiger partial charge in [-0.1, -0.05) is 0 Å². The number of amides is 1. The first-order chi connectivity index (χ1) is 12.1. The van der Waals surface area contributed by atoms with E-state index < -0.39 is 0 Å². The van der Waals surface area contributed by atoms with Gasteiger partial charge >= 0.3 is 0 Å². The monoisotopic (exact) mass is 375 g/mol. The third-order valence-electron chi connectivity index (χ3n) is 3.53. The zero-order chi connectivity index (χ0) is 17.8. The summed E-state index contributed by atoms with van der Waals surface area (Å²) in [5.41, 5.74) is 1.78. The fourth-order valence-corrected chi connectivity index (χ4v) is 3.22. The maximum atomic E-state index is 12.1. The lowest BCUT2D eigenvalue weighted by molar-refractivity contribution is -0.116. The van der Waals surface area contributed by atoms with Crippen LogP contribution in [0.2, 0.25) is 0 Å². The number of ether oxygens (including phenoxy) is 1. The first-order valence-corrected chi connectivity index (χ1v) is 8.87. The van der Waals surface area contributed by atoms with Gasteiger partial charge in [0.1, 0.15) is 5.75 Å². The number of hydrogen-bond acceptors (Lipinski definition) is 6. The summed E-state index contributed by atoms with van der Waals surface area (Å²) in [6, 6.07) is 7.52. The molecule has 3 aromatic rings. The van der Waals surface area contributed by atoms with E-state index in [1.165, 1.54) is 11.3 Å². The van der Waals surface area contributed by atoms with Gasteiger partial charge in [0.2, 0.25) is 5.91 Å². The average Bonchev–Trinajstić information content (AvgIpc) is 3.18. The van der Waals surface area contributed by atoms with Crippen LogP contribution in [0.15, 0.2) is 29.6 Å². The maximum Gasteiger partial charge on any atom is 0.227 e. The Bertz CT molecular complexity index is 927. The van der Waals surface area contributed by atoms with Crippen LogP contribution in [0.5, 0.6) is 5.75 Å². The molecule has 0 bridgehead atoms. The third-order valence-corrected chi connectivity index (χ3v) is 4.72. The van der Waals surface area contributed by atoms with Gasteiger partial charge in [-0.15, -0.1) is 11.3 Å². The minimum absolute atomic E-state index is 0.113. The number of carbonyl (C=O) groups is 1. The van der Waals surface area contributed by atoms with Gasteiger partial charge in [0.05, 0.1) is 12.8 Å². The van der Waals surface area contributed by atoms with Crippen molar-refractivity contribution in [1.82, 2.24) is 19.7 Å². The zero-order valence-electron chi connectivity index (χ0n) is 13.8. The molecule has 0 radical (unpaired) electrons. The Kier molecular flexibility index (Phi) is 5.25. The third kappa shape index (κ3) is 4.12. The van der Waals surface area contributed by atoms with E-state index >= 15 is 0 Å². The number of anilines is 1. The highest BCUT2D eigenvalue weighted by atomic mass is 32.1. The molecule has 0 saturated heterocycles. The molecule has 7 nitrogen and oxygen atoms in total. The Balaban J connectivity index is 1.71. The Morgan fingerprint density at radius 2 is 2.16 bits per heavy atom.